The van der Waals surface area contributed by atoms with E-state index in [4.69, 9.17) is 16.0 Å². The van der Waals surface area contributed by atoms with Crippen molar-refractivity contribution in [3.05, 3.63) is 74.6 Å². The molecule has 1 atom stereocenters. The quantitative estimate of drug-likeness (QED) is 0.658. The summed E-state index contributed by atoms with van der Waals surface area (Å²) >= 11 is 5.93. The maximum atomic E-state index is 12.5. The lowest BCUT2D eigenvalue weighted by Gasteiger charge is -2.27. The van der Waals surface area contributed by atoms with Gasteiger partial charge in [-0.2, -0.15) is 0 Å². The third-order valence-electron chi connectivity index (χ3n) is 4.10. The molecule has 5 nitrogen and oxygen atoms in total. The Kier molecular flexibility index (Phi) is 3.32. The highest BCUT2D eigenvalue weighted by Crippen LogP contribution is 2.35. The van der Waals surface area contributed by atoms with Gasteiger partial charge in [-0.1, -0.05) is 35.4 Å². The van der Waals surface area contributed by atoms with Crippen molar-refractivity contribution in [1.29, 1.82) is 0 Å². The van der Waals surface area contributed by atoms with Gasteiger partial charge in [0.25, 0.3) is 0 Å². The normalized spacial score (nSPS) is 16.4. The molecule has 1 unspecified atom stereocenters. The molecule has 1 aliphatic rings. The third kappa shape index (κ3) is 2.34. The van der Waals surface area contributed by atoms with E-state index in [1.54, 1.807) is 30.3 Å². The van der Waals surface area contributed by atoms with Gasteiger partial charge in [-0.05, 0) is 36.8 Å². The van der Waals surface area contributed by atoms with Gasteiger partial charge < -0.3 is 15.1 Å². The van der Waals surface area contributed by atoms with E-state index in [2.05, 4.69) is 10.6 Å². The van der Waals surface area contributed by atoms with Crippen molar-refractivity contribution < 1.29 is 9.21 Å². The fraction of sp³-hybridized carbons (Fsp3) is 0.111. The van der Waals surface area contributed by atoms with Gasteiger partial charge in [-0.25, -0.2) is 9.59 Å². The molecule has 120 valence electrons. The summed E-state index contributed by atoms with van der Waals surface area (Å²) in [5.41, 5.74) is 2.61. The Morgan fingerprint density at radius 1 is 1.08 bits per heavy atom. The highest BCUT2D eigenvalue weighted by molar-refractivity contribution is 6.30. The van der Waals surface area contributed by atoms with E-state index >= 15 is 0 Å². The average molecular weight is 341 g/mol. The minimum absolute atomic E-state index is 0.365. The van der Waals surface area contributed by atoms with Gasteiger partial charge in [0.15, 0.2) is 0 Å². The number of urea groups is 1. The van der Waals surface area contributed by atoms with E-state index in [1.165, 1.54) is 0 Å². The summed E-state index contributed by atoms with van der Waals surface area (Å²) in [6, 6.07) is 11.5. The van der Waals surface area contributed by atoms with Crippen molar-refractivity contribution in [2.45, 2.75) is 13.0 Å². The van der Waals surface area contributed by atoms with Crippen LogP contribution in [0.15, 0.2) is 51.7 Å². The highest BCUT2D eigenvalue weighted by atomic mass is 35.5. The molecule has 0 fully saturated rings. The topological polar surface area (TPSA) is 71.3 Å². The molecule has 2 N–H and O–H groups in total. The first kappa shape index (κ1) is 14.8. The number of fused-ring (bicyclic) bond motifs is 3. The van der Waals surface area contributed by atoms with E-state index in [0.717, 1.165) is 11.1 Å². The monoisotopic (exact) mass is 340 g/mol. The highest BCUT2D eigenvalue weighted by Gasteiger charge is 2.31. The molecule has 4 rings (SSSR count). The van der Waals surface area contributed by atoms with Gasteiger partial charge in [-0.15, -0.1) is 0 Å². The Morgan fingerprint density at radius 3 is 2.58 bits per heavy atom. The Hall–Kier alpha value is -2.79. The lowest BCUT2D eigenvalue weighted by Crippen LogP contribution is -2.41. The summed E-state index contributed by atoms with van der Waals surface area (Å²) in [4.78, 5) is 24.7. The molecule has 0 aliphatic carbocycles. The number of rotatable bonds is 1. The van der Waals surface area contributed by atoms with Crippen LogP contribution in [-0.2, 0) is 0 Å². The number of nitrogens with one attached hydrogen (secondary N) is 2. The molecule has 0 spiro atoms. The molecule has 2 amide bonds. The van der Waals surface area contributed by atoms with Gasteiger partial charge in [-0.3, -0.25) is 0 Å². The lowest BCUT2D eigenvalue weighted by atomic mass is 9.95. The number of carbonyl (C=O) groups excluding carboxylic acids is 1. The molecule has 0 bridgehead atoms. The summed E-state index contributed by atoms with van der Waals surface area (Å²) in [6.45, 7) is 1.94. The van der Waals surface area contributed by atoms with Crippen LogP contribution in [0.25, 0.3) is 11.0 Å². The van der Waals surface area contributed by atoms with E-state index in [-0.39, 0.29) is 6.03 Å². The van der Waals surface area contributed by atoms with Gasteiger partial charge in [0, 0.05) is 10.4 Å². The molecule has 6 heteroatoms. The second-order valence-corrected chi connectivity index (χ2v) is 6.20. The Labute approximate surface area is 142 Å². The number of hydrogen-bond acceptors (Lipinski definition) is 3. The first-order valence-corrected chi connectivity index (χ1v) is 7.81. The number of amides is 2. The van der Waals surface area contributed by atoms with Crippen molar-refractivity contribution in [2.75, 3.05) is 5.32 Å². The average Bonchev–Trinajstić information content (AvgIpc) is 2.55. The van der Waals surface area contributed by atoms with Crippen molar-refractivity contribution in [3.8, 4) is 0 Å². The van der Waals surface area contributed by atoms with E-state index in [9.17, 15) is 9.59 Å². The van der Waals surface area contributed by atoms with E-state index in [0.29, 0.717) is 27.2 Å². The molecular weight excluding hydrogens is 328 g/mol. The van der Waals surface area contributed by atoms with Crippen LogP contribution in [-0.4, -0.2) is 6.03 Å². The zero-order valence-electron chi connectivity index (χ0n) is 12.7. The molecule has 24 heavy (non-hydrogen) atoms. The van der Waals surface area contributed by atoms with Crippen LogP contribution >= 0.6 is 11.6 Å². The van der Waals surface area contributed by atoms with Crippen LogP contribution in [0.3, 0.4) is 0 Å². The molecular formula is C18H13ClN2O3. The molecule has 3 aromatic rings. The summed E-state index contributed by atoms with van der Waals surface area (Å²) < 4.78 is 5.45. The fourth-order valence-electron chi connectivity index (χ4n) is 2.99. The maximum Gasteiger partial charge on any atom is 0.344 e. The van der Waals surface area contributed by atoms with Gasteiger partial charge in [0.1, 0.15) is 5.58 Å². The van der Waals surface area contributed by atoms with Crippen molar-refractivity contribution in [1.82, 2.24) is 5.32 Å². The van der Waals surface area contributed by atoms with Crippen molar-refractivity contribution >= 4 is 34.3 Å². The predicted molar refractivity (Wildman–Crippen MR) is 92.7 cm³/mol. The predicted octanol–water partition coefficient (Wildman–Crippen LogP) is 3.98. The Morgan fingerprint density at radius 2 is 1.83 bits per heavy atom. The number of benzene rings is 2. The number of anilines is 1. The number of aryl methyl sites for hydroxylation is 1. The smallest absolute Gasteiger partial charge is 0.344 e. The van der Waals surface area contributed by atoms with Crippen LogP contribution in [0.5, 0.6) is 0 Å². The summed E-state index contributed by atoms with van der Waals surface area (Å²) in [5, 5.41) is 6.81. The third-order valence-corrected chi connectivity index (χ3v) is 4.35. The minimum atomic E-state index is -0.591. The van der Waals surface area contributed by atoms with Crippen LogP contribution in [0.4, 0.5) is 10.5 Å². The zero-order chi connectivity index (χ0) is 16.8. The Bertz CT molecular complexity index is 1020. The van der Waals surface area contributed by atoms with Gasteiger partial charge in [0.2, 0.25) is 0 Å². The minimum Gasteiger partial charge on any atom is -0.422 e. The van der Waals surface area contributed by atoms with Crippen LogP contribution in [0, 0.1) is 6.92 Å². The number of halogens is 1. The van der Waals surface area contributed by atoms with Gasteiger partial charge in [0.05, 0.1) is 17.3 Å². The number of hydrogen-bond donors (Lipinski definition) is 2. The second kappa shape index (κ2) is 5.39. The first-order chi connectivity index (χ1) is 11.5. The van der Waals surface area contributed by atoms with Crippen LogP contribution in [0.1, 0.15) is 22.7 Å². The lowest BCUT2D eigenvalue weighted by molar-refractivity contribution is 0.248. The molecule has 2 aromatic carbocycles. The zero-order valence-corrected chi connectivity index (χ0v) is 13.5. The van der Waals surface area contributed by atoms with E-state index in [1.807, 2.05) is 19.1 Å². The van der Waals surface area contributed by atoms with E-state index < -0.39 is 11.7 Å². The summed E-state index contributed by atoms with van der Waals surface area (Å²) in [7, 11) is 0. The SMILES string of the molecule is Cc1ccc2oc(=O)c3c(c2c1)NC(=O)NC3c1ccc(Cl)cc1. The first-order valence-electron chi connectivity index (χ1n) is 7.43. The maximum absolute atomic E-state index is 12.5. The molecule has 0 saturated carbocycles. The molecule has 1 aliphatic heterocycles. The molecule has 0 saturated heterocycles. The second-order valence-electron chi connectivity index (χ2n) is 5.76. The summed E-state index contributed by atoms with van der Waals surface area (Å²) in [6.07, 6.45) is 0. The Balaban J connectivity index is 2.01. The molecule has 0 radical (unpaired) electrons. The fourth-order valence-corrected chi connectivity index (χ4v) is 3.11. The standard InChI is InChI=1S/C18H13ClN2O3/c1-9-2-7-13-12(8-9)16-14(17(22)24-13)15(20-18(23)21-16)10-3-5-11(19)6-4-10/h2-8,15H,1H3,(H2,20,21,23). The largest absolute Gasteiger partial charge is 0.422 e. The molecule has 2 heterocycles. The summed E-state index contributed by atoms with van der Waals surface area (Å²) in [5.74, 6) is 0. The van der Waals surface area contributed by atoms with Gasteiger partial charge >= 0.3 is 11.7 Å². The molecule has 1 aromatic heterocycles. The van der Waals surface area contributed by atoms with Crippen LogP contribution < -0.4 is 16.3 Å². The van der Waals surface area contributed by atoms with Crippen molar-refractivity contribution in [2.24, 2.45) is 0 Å². The van der Waals surface area contributed by atoms with Crippen molar-refractivity contribution in [3.63, 3.8) is 0 Å². The van der Waals surface area contributed by atoms with Crippen LogP contribution in [0.2, 0.25) is 5.02 Å². The number of carbonyl (C=O) groups is 1.